The Morgan fingerprint density at radius 2 is 1.42 bits per heavy atom. The maximum atomic E-state index is 14.1. The summed E-state index contributed by atoms with van der Waals surface area (Å²) in [5.74, 6) is -6.94. The molecule has 20 nitrogen and oxygen atoms in total. The number of carbonyl (C=O) groups is 7. The number of benzene rings is 1. The third-order valence-electron chi connectivity index (χ3n) is 10.3. The molecule has 3 rings (SSSR count). The summed E-state index contributed by atoms with van der Waals surface area (Å²) >= 11 is 5.84. The van der Waals surface area contributed by atoms with Crippen LogP contribution in [0.2, 0.25) is 5.02 Å². The molecule has 342 valence electrons. The largest absolute Gasteiger partial charge is 0.344 e. The van der Waals surface area contributed by atoms with Crippen LogP contribution in [0.5, 0.6) is 0 Å². The lowest BCUT2D eigenvalue weighted by Crippen LogP contribution is -2.60. The number of nitrogens with one attached hydrogen (secondary N) is 6. The Bertz CT molecular complexity index is 2170. The quantitative estimate of drug-likeness (QED) is 0.0812. The topological polar surface area (TPSA) is 312 Å². The van der Waals surface area contributed by atoms with E-state index in [1.165, 1.54) is 25.5 Å². The molecule has 5 atom stereocenters. The van der Waals surface area contributed by atoms with Gasteiger partial charge in [-0.1, -0.05) is 84.7 Å². The summed E-state index contributed by atoms with van der Waals surface area (Å²) in [7, 11) is -9.10. The van der Waals surface area contributed by atoms with E-state index in [-0.39, 0.29) is 41.8 Å². The molecule has 1 aromatic carbocycles. The second-order valence-electron chi connectivity index (χ2n) is 15.6. The van der Waals surface area contributed by atoms with Crippen LogP contribution in [-0.4, -0.2) is 98.7 Å². The highest BCUT2D eigenvalue weighted by atomic mass is 35.5. The Labute approximate surface area is 366 Å². The van der Waals surface area contributed by atoms with Crippen molar-refractivity contribution >= 4 is 72.9 Å². The van der Waals surface area contributed by atoms with E-state index < -0.39 is 108 Å². The minimum atomic E-state index is -4.72. The Hall–Kier alpha value is -5.06. The Balaban J connectivity index is 1.74. The van der Waals surface area contributed by atoms with E-state index in [0.29, 0.717) is 12.5 Å². The number of Topliss-reactive ketones (excluding diaryl/α,β-unsaturated/α-hetero) is 1. The van der Waals surface area contributed by atoms with Crippen molar-refractivity contribution in [1.82, 2.24) is 41.3 Å². The lowest BCUT2D eigenvalue weighted by molar-refractivity contribution is -0.141. The van der Waals surface area contributed by atoms with Gasteiger partial charge in [-0.25, -0.2) is 31.7 Å². The first-order chi connectivity index (χ1) is 29.1. The molecule has 62 heavy (non-hydrogen) atoms. The third kappa shape index (κ3) is 15.7. The van der Waals surface area contributed by atoms with Gasteiger partial charge < -0.3 is 26.6 Å². The van der Waals surface area contributed by atoms with E-state index >= 15 is 0 Å². The zero-order valence-electron chi connectivity index (χ0n) is 35.2. The number of primary sulfonamides is 1. The minimum Gasteiger partial charge on any atom is -0.344 e. The molecular weight excluding hydrogens is 870 g/mol. The van der Waals surface area contributed by atoms with E-state index in [1.807, 2.05) is 26.1 Å². The summed E-state index contributed by atoms with van der Waals surface area (Å²) in [4.78, 5) is 100.0. The fourth-order valence-corrected chi connectivity index (χ4v) is 8.76. The zero-order chi connectivity index (χ0) is 46.4. The van der Waals surface area contributed by atoms with Gasteiger partial charge in [0.1, 0.15) is 23.8 Å². The summed E-state index contributed by atoms with van der Waals surface area (Å²) < 4.78 is 50.7. The first kappa shape index (κ1) is 51.3. The number of nitrogens with zero attached hydrogens (tertiary/aromatic N) is 2. The van der Waals surface area contributed by atoms with Crippen molar-refractivity contribution in [3.05, 3.63) is 47.5 Å². The molecule has 1 aromatic heterocycles. The summed E-state index contributed by atoms with van der Waals surface area (Å²) in [6, 6.07) is -2.37. The van der Waals surface area contributed by atoms with Gasteiger partial charge in [0.25, 0.3) is 27.7 Å². The lowest BCUT2D eigenvalue weighted by Gasteiger charge is -2.31. The predicted molar refractivity (Wildman–Crippen MR) is 226 cm³/mol. The zero-order valence-corrected chi connectivity index (χ0v) is 37.6. The van der Waals surface area contributed by atoms with Crippen LogP contribution in [0, 0.1) is 17.8 Å². The first-order valence-electron chi connectivity index (χ1n) is 20.2. The van der Waals surface area contributed by atoms with E-state index in [9.17, 15) is 50.4 Å². The number of halogens is 1. The monoisotopic (exact) mass is 925 g/mol. The molecule has 6 amide bonds. The minimum absolute atomic E-state index is 0.00121. The van der Waals surface area contributed by atoms with E-state index in [1.54, 1.807) is 11.6 Å². The molecule has 0 spiro atoms. The predicted octanol–water partition coefficient (Wildman–Crippen LogP) is 0.993. The van der Waals surface area contributed by atoms with Crippen LogP contribution in [-0.2, 0) is 48.8 Å². The Morgan fingerprint density at radius 3 is 2.00 bits per heavy atom. The number of hydrogen-bond donors (Lipinski definition) is 7. The van der Waals surface area contributed by atoms with E-state index in [4.69, 9.17) is 16.7 Å². The maximum Gasteiger partial charge on any atom is 0.290 e. The van der Waals surface area contributed by atoms with Gasteiger partial charge >= 0.3 is 0 Å². The average Bonchev–Trinajstić information content (AvgIpc) is 3.22. The average molecular weight is 927 g/mol. The van der Waals surface area contributed by atoms with Gasteiger partial charge in [0.15, 0.2) is 0 Å². The number of hydrogen-bond acceptors (Lipinski definition) is 13. The fourth-order valence-electron chi connectivity index (χ4n) is 6.69. The fraction of sp³-hybridized carbons (Fsp3) is 0.564. The summed E-state index contributed by atoms with van der Waals surface area (Å²) in [5, 5.41) is 17.5. The smallest absolute Gasteiger partial charge is 0.290 e. The normalized spacial score (nSPS) is 15.8. The molecule has 1 saturated carbocycles. The van der Waals surface area contributed by atoms with Crippen molar-refractivity contribution < 1.29 is 50.4 Å². The summed E-state index contributed by atoms with van der Waals surface area (Å²) in [5.41, 5.74) is -0.00121. The first-order valence-corrected chi connectivity index (χ1v) is 23.7. The lowest BCUT2D eigenvalue weighted by atomic mass is 9.84. The second kappa shape index (κ2) is 23.4. The second-order valence-corrected chi connectivity index (χ2v) is 19.3. The van der Waals surface area contributed by atoms with Crippen LogP contribution in [0.3, 0.4) is 0 Å². The standard InChI is InChI=1S/C39H56ClN9O11S2/c1-6-23(5)33(48-36(53)29(15-22(3)4)46-37(54)31-20-42-13-14-43-31)38(55)47-30(16-24-11-9-8-10-12-24)35(52)45-28(7-2)34(51)39(56)44-21-32(50)49-62(59,60)27-18-25(40)17-26(19-27)61(41,57)58/h13-14,17-20,22-24,28-30,33H,6-12,15-16,21H2,1-5H3,(H,44,56)(H,45,52)(H,46,54)(H,47,55)(H,48,53)(H,49,50)(H2,41,57,58)/t23-,28-,29-,30-,33-/m0/s1. The number of amides is 6. The van der Waals surface area contributed by atoms with Gasteiger partial charge in [0.05, 0.1) is 28.6 Å². The van der Waals surface area contributed by atoms with Crippen molar-refractivity contribution in [2.45, 2.75) is 126 Å². The highest BCUT2D eigenvalue weighted by Crippen LogP contribution is 2.28. The number of sulfonamides is 2. The van der Waals surface area contributed by atoms with Gasteiger partial charge in [-0.05, 0) is 55.2 Å². The van der Waals surface area contributed by atoms with Crippen molar-refractivity contribution in [2.24, 2.45) is 22.9 Å². The number of aromatic nitrogens is 2. The van der Waals surface area contributed by atoms with Crippen LogP contribution >= 0.6 is 11.6 Å². The number of carbonyl (C=O) groups excluding carboxylic acids is 7. The van der Waals surface area contributed by atoms with Crippen LogP contribution < -0.4 is 36.4 Å². The molecule has 23 heteroatoms. The SMILES string of the molecule is CC[C@H](NC(=O)[C@H](CC1CCCCC1)NC(=O)[C@@H](NC(=O)[C@H](CC(C)C)NC(=O)c1cnccn1)[C@@H](C)CC)C(=O)C(=O)NCC(=O)NS(=O)(=O)c1cc(Cl)cc(S(N)(=O)=O)c1. The molecule has 0 bridgehead atoms. The summed E-state index contributed by atoms with van der Waals surface area (Å²) in [6.07, 6.45) is 9.19. The summed E-state index contributed by atoms with van der Waals surface area (Å²) in [6.45, 7) is 7.80. The molecular formula is C39H56ClN9O11S2. The van der Waals surface area contributed by atoms with Crippen molar-refractivity contribution in [3.63, 3.8) is 0 Å². The highest BCUT2D eigenvalue weighted by Gasteiger charge is 2.36. The van der Waals surface area contributed by atoms with Gasteiger partial charge in [-0.2, -0.15) is 0 Å². The maximum absolute atomic E-state index is 14.1. The molecule has 0 unspecified atom stereocenters. The highest BCUT2D eigenvalue weighted by molar-refractivity contribution is 7.90. The molecule has 1 fully saturated rings. The van der Waals surface area contributed by atoms with Crippen LogP contribution in [0.4, 0.5) is 0 Å². The van der Waals surface area contributed by atoms with Gasteiger partial charge in [-0.3, -0.25) is 38.5 Å². The van der Waals surface area contributed by atoms with Crippen molar-refractivity contribution in [3.8, 4) is 0 Å². The van der Waals surface area contributed by atoms with E-state index in [2.05, 4.69) is 31.2 Å². The number of rotatable bonds is 22. The van der Waals surface area contributed by atoms with Crippen LogP contribution in [0.1, 0.15) is 103 Å². The molecule has 1 aliphatic carbocycles. The Morgan fingerprint density at radius 1 is 0.790 bits per heavy atom. The van der Waals surface area contributed by atoms with Crippen LogP contribution in [0.25, 0.3) is 0 Å². The molecule has 0 radical (unpaired) electrons. The molecule has 0 saturated heterocycles. The molecule has 1 aliphatic rings. The molecule has 2 aromatic rings. The number of nitrogens with two attached hydrogens (primary N) is 1. The molecule has 8 N–H and O–H groups in total. The number of ketones is 1. The van der Waals surface area contributed by atoms with Gasteiger partial charge in [-0.15, -0.1) is 0 Å². The van der Waals surface area contributed by atoms with Gasteiger partial charge in [0.2, 0.25) is 33.5 Å². The van der Waals surface area contributed by atoms with Crippen LogP contribution in [0.15, 0.2) is 46.6 Å². The molecule has 1 heterocycles. The Kier molecular flexibility index (Phi) is 19.4. The van der Waals surface area contributed by atoms with Crippen molar-refractivity contribution in [1.29, 1.82) is 0 Å². The molecule has 0 aliphatic heterocycles. The third-order valence-corrected chi connectivity index (χ3v) is 12.7. The van der Waals surface area contributed by atoms with Crippen molar-refractivity contribution in [2.75, 3.05) is 6.54 Å². The van der Waals surface area contributed by atoms with E-state index in [0.717, 1.165) is 44.2 Å². The van der Waals surface area contributed by atoms with Gasteiger partial charge in [0, 0.05) is 17.4 Å².